The Morgan fingerprint density at radius 1 is 0.500 bits per heavy atom. The third-order valence-corrected chi connectivity index (χ3v) is 9.89. The second-order valence-electron chi connectivity index (χ2n) is 18.1. The number of esters is 2. The molecule has 0 aliphatic heterocycles. The van der Waals surface area contributed by atoms with E-state index in [9.17, 15) is 42.3 Å². The number of aromatic carboxylic acids is 1. The molecule has 1 N–H and O–H groups in total. The predicted octanol–water partition coefficient (Wildman–Crippen LogP) is 8.42. The number of rotatable bonds is 15. The molecule has 0 amide bonds. The van der Waals surface area contributed by atoms with Crippen LogP contribution in [0.2, 0.25) is 0 Å². The molecule has 76 heavy (non-hydrogen) atoms. The van der Waals surface area contributed by atoms with Crippen LogP contribution in [0.1, 0.15) is 73.2 Å². The normalized spacial score (nSPS) is 11.6. The Labute approximate surface area is 426 Å². The Hall–Kier alpha value is -9.43. The van der Waals surface area contributed by atoms with E-state index in [0.29, 0.717) is 5.58 Å². The van der Waals surface area contributed by atoms with Crippen molar-refractivity contribution in [2.75, 3.05) is 26.4 Å². The van der Waals surface area contributed by atoms with Gasteiger partial charge < -0.3 is 51.2 Å². The van der Waals surface area contributed by atoms with Crippen LogP contribution in [0.4, 0.5) is 8.78 Å². The van der Waals surface area contributed by atoms with Crippen molar-refractivity contribution in [2.45, 2.75) is 65.1 Å². The zero-order valence-electron chi connectivity index (χ0n) is 41.3. The summed E-state index contributed by atoms with van der Waals surface area (Å²) in [4.78, 5) is 102. The Bertz CT molecular complexity index is 3590. The third kappa shape index (κ3) is 14.4. The molecule has 1 atom stereocenters. The van der Waals surface area contributed by atoms with Gasteiger partial charge in [-0.3, -0.25) is 19.2 Å². The van der Waals surface area contributed by atoms with E-state index in [-0.39, 0.29) is 84.4 Å². The number of carboxylic acid groups (broad SMARTS) is 1. The average Bonchev–Trinajstić information content (AvgIpc) is 3.35. The number of halogens is 2. The summed E-state index contributed by atoms with van der Waals surface area (Å²) in [5.41, 5.74) is -3.16. The van der Waals surface area contributed by atoms with Crippen molar-refractivity contribution in [1.29, 1.82) is 0 Å². The summed E-state index contributed by atoms with van der Waals surface area (Å²) < 4.78 is 83.3. The van der Waals surface area contributed by atoms with Gasteiger partial charge in [0.25, 0.3) is 0 Å². The van der Waals surface area contributed by atoms with Gasteiger partial charge in [0, 0.05) is 24.3 Å². The number of fused-ring (bicyclic) bond motifs is 4. The van der Waals surface area contributed by atoms with Gasteiger partial charge in [-0.15, -0.1) is 0 Å². The molecule has 1 unspecified atom stereocenters. The van der Waals surface area contributed by atoms with Crippen molar-refractivity contribution in [3.63, 3.8) is 0 Å². The molecular formula is C54H46F2O20. The summed E-state index contributed by atoms with van der Waals surface area (Å²) in [6.45, 7) is 8.28. The average molecular weight is 1050 g/mol. The summed E-state index contributed by atoms with van der Waals surface area (Å²) in [6.07, 6.45) is -1.75. The molecule has 0 spiro atoms. The van der Waals surface area contributed by atoms with Gasteiger partial charge in [0.15, 0.2) is 34.1 Å². The molecular weight excluding hydrogens is 1010 g/mol. The number of carbonyl (C=O) groups excluding carboxylic acids is 4. The van der Waals surface area contributed by atoms with Crippen LogP contribution in [0.3, 0.4) is 0 Å². The second-order valence-corrected chi connectivity index (χ2v) is 18.1. The van der Waals surface area contributed by atoms with E-state index < -0.39 is 89.9 Å². The van der Waals surface area contributed by atoms with Crippen LogP contribution in [-0.4, -0.2) is 79.1 Å². The van der Waals surface area contributed by atoms with Crippen LogP contribution >= 0.6 is 0 Å². The van der Waals surface area contributed by atoms with Crippen molar-refractivity contribution in [2.24, 2.45) is 0 Å². The van der Waals surface area contributed by atoms with Crippen molar-refractivity contribution in [1.82, 2.24) is 0 Å². The minimum atomic E-state index is -1.67. The van der Waals surface area contributed by atoms with Gasteiger partial charge in [-0.05, 0) is 90.1 Å². The van der Waals surface area contributed by atoms with Gasteiger partial charge in [-0.2, -0.15) is 9.59 Å². The monoisotopic (exact) mass is 1050 g/mol. The lowest BCUT2D eigenvalue weighted by Crippen LogP contribution is -2.25. The van der Waals surface area contributed by atoms with Crippen molar-refractivity contribution in [3.8, 4) is 23.0 Å². The van der Waals surface area contributed by atoms with E-state index in [0.717, 1.165) is 18.2 Å². The number of benzene rings is 4. The van der Waals surface area contributed by atoms with Gasteiger partial charge >= 0.3 is 24.1 Å². The summed E-state index contributed by atoms with van der Waals surface area (Å²) in [5.74, 6) is -3.67. The van der Waals surface area contributed by atoms with Crippen molar-refractivity contribution in [3.05, 3.63) is 161 Å². The maximum Gasteiger partial charge on any atom is 0.374 e. The highest BCUT2D eigenvalue weighted by Crippen LogP contribution is 2.28. The molecule has 396 valence electrons. The van der Waals surface area contributed by atoms with Crippen molar-refractivity contribution < 1.29 is 83.9 Å². The zero-order valence-corrected chi connectivity index (χ0v) is 41.3. The molecule has 8 rings (SSSR count). The first-order valence-electron chi connectivity index (χ1n) is 22.7. The van der Waals surface area contributed by atoms with E-state index in [1.807, 2.05) is 0 Å². The first-order valence-corrected chi connectivity index (χ1v) is 22.7. The van der Waals surface area contributed by atoms with Crippen molar-refractivity contribution >= 4 is 67.9 Å². The number of carboxylic acids is 1. The lowest BCUT2D eigenvalue weighted by atomic mass is 10.2. The maximum atomic E-state index is 14.9. The van der Waals surface area contributed by atoms with Crippen LogP contribution in [0.15, 0.2) is 140 Å². The lowest BCUT2D eigenvalue weighted by molar-refractivity contribution is -0.191. The molecule has 0 aliphatic rings. The highest BCUT2D eigenvalue weighted by molar-refractivity contribution is 5.92. The fourth-order valence-electron chi connectivity index (χ4n) is 6.90. The molecule has 0 aliphatic carbocycles. The number of ether oxygens (including phenoxy) is 6. The minimum absolute atomic E-state index is 0.00674. The fraction of sp³-hybridized carbons (Fsp3) is 0.259. The summed E-state index contributed by atoms with van der Waals surface area (Å²) in [6, 6.07) is 22.1. The summed E-state index contributed by atoms with van der Waals surface area (Å²) in [7, 11) is 0. The standard InChI is InChI=1S/C31H31FO10.C22H15FO8.CO2/c1-30(2,3)41-28(35)24-13-18(33)26-20(9-7-11-22(26)39-24)37-15-17(32)16-38-21-10-8-12-23-27(21)19(34)14-25(40-23)29(36)42-31(4,5)6;23-12(10-29-16-4-1-3-15-20(16)13(24)7-8-28-15)11-30-17-5-2-6-18-21(17)14(25)9-19(31-18)22(26)27;2-1-3/h7-14,17H,15-16H2,1-6H3;1-9,12H,10-11H2,(H,26,27);. The highest BCUT2D eigenvalue weighted by Gasteiger charge is 2.25. The number of hydrogen-bond acceptors (Lipinski definition) is 19. The molecule has 4 aromatic carbocycles. The lowest BCUT2D eigenvalue weighted by Gasteiger charge is -2.19. The predicted molar refractivity (Wildman–Crippen MR) is 264 cm³/mol. The molecule has 4 aromatic heterocycles. The van der Waals surface area contributed by atoms with Gasteiger partial charge in [0.2, 0.25) is 17.3 Å². The molecule has 0 fully saturated rings. The van der Waals surface area contributed by atoms with Gasteiger partial charge in [0.05, 0.1) is 6.26 Å². The van der Waals surface area contributed by atoms with Crippen LogP contribution in [0.5, 0.6) is 23.0 Å². The summed E-state index contributed by atoms with van der Waals surface area (Å²) >= 11 is 0. The minimum Gasteiger partial charge on any atom is -0.489 e. The van der Waals surface area contributed by atoms with Crippen LogP contribution in [-0.2, 0) is 19.1 Å². The Morgan fingerprint density at radius 2 is 0.803 bits per heavy atom. The highest BCUT2D eigenvalue weighted by atomic mass is 19.1. The van der Waals surface area contributed by atoms with E-state index in [1.165, 1.54) is 73.0 Å². The van der Waals surface area contributed by atoms with Gasteiger partial charge in [-0.25, -0.2) is 23.2 Å². The van der Waals surface area contributed by atoms with Crippen LogP contribution in [0, 0.1) is 0 Å². The molecule has 22 heteroatoms. The zero-order chi connectivity index (χ0) is 55.5. The molecule has 0 saturated carbocycles. The number of hydrogen-bond donors (Lipinski definition) is 1. The van der Waals surface area contributed by atoms with Crippen LogP contribution in [0.25, 0.3) is 43.9 Å². The Morgan fingerprint density at radius 3 is 1.13 bits per heavy atom. The molecule has 0 radical (unpaired) electrons. The van der Waals surface area contributed by atoms with Gasteiger partial charge in [-0.1, -0.05) is 24.3 Å². The van der Waals surface area contributed by atoms with Crippen LogP contribution < -0.4 is 40.7 Å². The maximum absolute atomic E-state index is 14.9. The van der Waals surface area contributed by atoms with E-state index in [4.69, 9.17) is 60.8 Å². The molecule has 0 bridgehead atoms. The van der Waals surface area contributed by atoms with E-state index >= 15 is 0 Å². The molecule has 4 heterocycles. The quantitative estimate of drug-likeness (QED) is 0.0942. The smallest absolute Gasteiger partial charge is 0.374 e. The first kappa shape index (κ1) is 55.9. The van der Waals surface area contributed by atoms with Gasteiger partial charge in [0.1, 0.15) is 105 Å². The summed E-state index contributed by atoms with van der Waals surface area (Å²) in [5, 5.41) is 9.28. The Balaban J connectivity index is 0.000000244. The molecule has 0 saturated heterocycles. The topological polar surface area (TPSA) is 282 Å². The Kier molecular flexibility index (Phi) is 17.7. The largest absolute Gasteiger partial charge is 0.489 e. The second kappa shape index (κ2) is 24.1. The fourth-order valence-corrected chi connectivity index (χ4v) is 6.90. The molecule has 8 aromatic rings. The van der Waals surface area contributed by atoms with E-state index in [2.05, 4.69) is 0 Å². The SMILES string of the molecule is CC(C)(C)OC(=O)c1cc(=O)c2c(OCC(F)COc3cccc4oc(C(=O)OC(C)(C)C)cc(=O)c34)cccc2o1.O=C(O)c1cc(=O)c2c(OCC(F)COc3cccc4occc(=O)c34)cccc2o1.O=C=O. The third-order valence-electron chi connectivity index (χ3n) is 9.89. The molecule has 20 nitrogen and oxygen atoms in total. The number of carbonyl (C=O) groups is 3. The first-order chi connectivity index (χ1) is 36.0. The number of alkyl halides is 2. The van der Waals surface area contributed by atoms with E-state index in [1.54, 1.807) is 53.7 Å².